The van der Waals surface area contributed by atoms with E-state index in [4.69, 9.17) is 9.47 Å². The fourth-order valence-electron chi connectivity index (χ4n) is 4.35. The minimum atomic E-state index is -0.532. The van der Waals surface area contributed by atoms with Gasteiger partial charge in [0.05, 0.1) is 17.8 Å². The molecule has 154 valence electrons. The molecule has 1 aromatic heterocycles. The van der Waals surface area contributed by atoms with Crippen molar-refractivity contribution in [2.45, 2.75) is 72.5 Å². The molecule has 2 saturated carbocycles. The molecule has 2 aliphatic carbocycles. The Balaban J connectivity index is 1.88. The number of rotatable bonds is 6. The molecule has 0 aliphatic heterocycles. The summed E-state index contributed by atoms with van der Waals surface area (Å²) in [5.74, 6) is -0.0144. The van der Waals surface area contributed by atoms with E-state index < -0.39 is 11.9 Å². The Morgan fingerprint density at radius 2 is 1.64 bits per heavy atom. The number of carbonyl (C=O) groups is 3. The maximum atomic E-state index is 12.9. The lowest BCUT2D eigenvalue weighted by Crippen LogP contribution is -2.27. The lowest BCUT2D eigenvalue weighted by molar-refractivity contribution is -0.121. The van der Waals surface area contributed by atoms with Crippen molar-refractivity contribution in [3.63, 3.8) is 0 Å². The summed E-state index contributed by atoms with van der Waals surface area (Å²) < 4.78 is 10.7. The van der Waals surface area contributed by atoms with Crippen molar-refractivity contribution in [2.24, 2.45) is 17.8 Å². The second kappa shape index (κ2) is 8.23. The van der Waals surface area contributed by atoms with Gasteiger partial charge in [-0.15, -0.1) is 11.3 Å². The fourth-order valence-corrected chi connectivity index (χ4v) is 5.43. The number of ether oxygens (including phenoxy) is 2. The third-order valence-corrected chi connectivity index (χ3v) is 6.72. The zero-order chi connectivity index (χ0) is 20.6. The molecule has 0 radical (unpaired) electrons. The maximum Gasteiger partial charge on any atom is 0.348 e. The van der Waals surface area contributed by atoms with Gasteiger partial charge in [-0.1, -0.05) is 6.42 Å². The highest BCUT2D eigenvalue weighted by atomic mass is 32.1. The molecule has 1 heterocycles. The van der Waals surface area contributed by atoms with Crippen molar-refractivity contribution in [3.05, 3.63) is 16.0 Å². The summed E-state index contributed by atoms with van der Waals surface area (Å²) in [6.07, 6.45) is 3.77. The van der Waals surface area contributed by atoms with Gasteiger partial charge in [-0.05, 0) is 71.3 Å². The Morgan fingerprint density at radius 1 is 1.00 bits per heavy atom. The first-order chi connectivity index (χ1) is 13.2. The number of esters is 2. The van der Waals surface area contributed by atoms with Gasteiger partial charge in [-0.25, -0.2) is 9.59 Å². The average Bonchev–Trinajstić information content (AvgIpc) is 3.27. The van der Waals surface area contributed by atoms with Crippen LogP contribution in [0.3, 0.4) is 0 Å². The monoisotopic (exact) mass is 407 g/mol. The van der Waals surface area contributed by atoms with Gasteiger partial charge in [-0.3, -0.25) is 4.79 Å². The maximum absolute atomic E-state index is 12.9. The molecule has 0 aromatic carbocycles. The minimum absolute atomic E-state index is 0.0128. The number of carbonyl (C=O) groups excluding carboxylic acids is 3. The topological polar surface area (TPSA) is 81.7 Å². The van der Waals surface area contributed by atoms with Crippen LogP contribution in [0.15, 0.2) is 0 Å². The Hall–Kier alpha value is -1.89. The summed E-state index contributed by atoms with van der Waals surface area (Å²) in [6.45, 7) is 8.76. The number of thiophene rings is 1. The summed E-state index contributed by atoms with van der Waals surface area (Å²) in [4.78, 5) is 38.3. The van der Waals surface area contributed by atoms with E-state index in [2.05, 4.69) is 5.32 Å². The Morgan fingerprint density at radius 3 is 2.18 bits per heavy atom. The van der Waals surface area contributed by atoms with E-state index in [-0.39, 0.29) is 29.6 Å². The molecule has 0 unspecified atom stereocenters. The molecule has 28 heavy (non-hydrogen) atoms. The van der Waals surface area contributed by atoms with Crippen LogP contribution in [0.1, 0.15) is 79.0 Å². The van der Waals surface area contributed by atoms with Crippen LogP contribution in [0.2, 0.25) is 0 Å². The predicted molar refractivity (Wildman–Crippen MR) is 108 cm³/mol. The normalized spacial score (nSPS) is 23.3. The molecule has 0 spiro atoms. The van der Waals surface area contributed by atoms with Crippen LogP contribution < -0.4 is 5.32 Å². The van der Waals surface area contributed by atoms with Gasteiger partial charge >= 0.3 is 11.9 Å². The van der Waals surface area contributed by atoms with Gasteiger partial charge in [0, 0.05) is 5.92 Å². The van der Waals surface area contributed by atoms with Gasteiger partial charge < -0.3 is 14.8 Å². The Kier molecular flexibility index (Phi) is 6.12. The molecular weight excluding hydrogens is 378 g/mol. The number of hydrogen-bond acceptors (Lipinski definition) is 6. The van der Waals surface area contributed by atoms with Crippen molar-refractivity contribution < 1.29 is 23.9 Å². The highest BCUT2D eigenvalue weighted by Crippen LogP contribution is 2.49. The second-order valence-electron chi connectivity index (χ2n) is 8.44. The molecule has 7 heteroatoms. The molecule has 1 amide bonds. The molecule has 2 bridgehead atoms. The minimum Gasteiger partial charge on any atom is -0.459 e. The Labute approximate surface area is 170 Å². The molecule has 0 saturated heterocycles. The van der Waals surface area contributed by atoms with Crippen LogP contribution >= 0.6 is 11.3 Å². The standard InChI is InChI=1S/C21H29NO5S/c1-10(2)26-20(24)16-12(5)17(21(25)27-11(3)4)28-19(16)22-18(23)15-9-13-6-7-14(15)8-13/h10-11,13-15H,6-9H2,1-5H3,(H,22,23)/t13-,14+,15+/m0/s1. The first-order valence-corrected chi connectivity index (χ1v) is 10.8. The molecule has 6 nitrogen and oxygen atoms in total. The van der Waals surface area contributed by atoms with Crippen molar-refractivity contribution in [2.75, 3.05) is 5.32 Å². The van der Waals surface area contributed by atoms with Crippen LogP contribution in [0.4, 0.5) is 5.00 Å². The molecule has 2 fully saturated rings. The van der Waals surface area contributed by atoms with Crippen molar-refractivity contribution in [1.29, 1.82) is 0 Å². The second-order valence-corrected chi connectivity index (χ2v) is 9.46. The first-order valence-electron chi connectivity index (χ1n) is 10.0. The van der Waals surface area contributed by atoms with E-state index in [1.54, 1.807) is 34.6 Å². The van der Waals surface area contributed by atoms with E-state index in [1.807, 2.05) is 0 Å². The largest absolute Gasteiger partial charge is 0.459 e. The predicted octanol–water partition coefficient (Wildman–Crippen LogP) is 4.56. The van der Waals surface area contributed by atoms with Crippen LogP contribution in [-0.2, 0) is 14.3 Å². The molecule has 3 atom stereocenters. The number of anilines is 1. The Bertz CT molecular complexity index is 782. The summed E-state index contributed by atoms with van der Waals surface area (Å²) >= 11 is 1.09. The van der Waals surface area contributed by atoms with E-state index in [0.29, 0.717) is 27.3 Å². The third kappa shape index (κ3) is 4.24. The van der Waals surface area contributed by atoms with Crippen molar-refractivity contribution >= 4 is 34.2 Å². The molecular formula is C21H29NO5S. The molecule has 1 N–H and O–H groups in total. The van der Waals surface area contributed by atoms with Gasteiger partial charge in [-0.2, -0.15) is 0 Å². The average molecular weight is 408 g/mol. The van der Waals surface area contributed by atoms with Gasteiger partial charge in [0.25, 0.3) is 0 Å². The van der Waals surface area contributed by atoms with E-state index >= 15 is 0 Å². The van der Waals surface area contributed by atoms with Crippen LogP contribution in [0, 0.1) is 24.7 Å². The number of amides is 1. The smallest absolute Gasteiger partial charge is 0.348 e. The highest BCUT2D eigenvalue weighted by Gasteiger charge is 2.43. The van der Waals surface area contributed by atoms with E-state index in [1.165, 1.54) is 6.42 Å². The first kappa shape index (κ1) is 20.8. The number of nitrogens with one attached hydrogen (secondary N) is 1. The molecule has 3 rings (SSSR count). The highest BCUT2D eigenvalue weighted by molar-refractivity contribution is 7.18. The SMILES string of the molecule is Cc1c(C(=O)OC(C)C)sc(NC(=O)[C@@H]2C[C@H]3CC[C@@H]2C3)c1C(=O)OC(C)C. The van der Waals surface area contributed by atoms with Crippen molar-refractivity contribution in [3.8, 4) is 0 Å². The summed E-state index contributed by atoms with van der Waals surface area (Å²) in [5, 5.41) is 3.31. The molecule has 2 aliphatic rings. The summed E-state index contributed by atoms with van der Waals surface area (Å²) in [5.41, 5.74) is 0.746. The molecule has 1 aromatic rings. The van der Waals surface area contributed by atoms with E-state index in [0.717, 1.165) is 30.6 Å². The zero-order valence-electron chi connectivity index (χ0n) is 17.2. The lowest BCUT2D eigenvalue weighted by Gasteiger charge is -2.20. The zero-order valence-corrected chi connectivity index (χ0v) is 18.0. The van der Waals surface area contributed by atoms with Crippen LogP contribution in [-0.4, -0.2) is 30.1 Å². The van der Waals surface area contributed by atoms with Gasteiger partial charge in [0.15, 0.2) is 0 Å². The van der Waals surface area contributed by atoms with Gasteiger partial charge in [0.1, 0.15) is 9.88 Å². The van der Waals surface area contributed by atoms with Crippen LogP contribution in [0.5, 0.6) is 0 Å². The van der Waals surface area contributed by atoms with E-state index in [9.17, 15) is 14.4 Å². The fraction of sp³-hybridized carbons (Fsp3) is 0.667. The van der Waals surface area contributed by atoms with Crippen molar-refractivity contribution in [1.82, 2.24) is 0 Å². The number of fused-ring (bicyclic) bond motifs is 2. The van der Waals surface area contributed by atoms with Gasteiger partial charge in [0.2, 0.25) is 5.91 Å². The third-order valence-electron chi connectivity index (χ3n) is 5.53. The number of hydrogen-bond donors (Lipinski definition) is 1. The summed E-state index contributed by atoms with van der Waals surface area (Å²) in [7, 11) is 0. The quantitative estimate of drug-likeness (QED) is 0.699. The lowest BCUT2D eigenvalue weighted by atomic mass is 9.88. The van der Waals surface area contributed by atoms with Crippen LogP contribution in [0.25, 0.3) is 0 Å². The summed E-state index contributed by atoms with van der Waals surface area (Å²) in [6, 6.07) is 0.